The van der Waals surface area contributed by atoms with E-state index >= 15 is 0 Å². The molecule has 1 heterocycles. The summed E-state index contributed by atoms with van der Waals surface area (Å²) in [5.74, 6) is -0.503. The Kier molecular flexibility index (Phi) is 3.25. The molecule has 0 saturated carbocycles. The third kappa shape index (κ3) is 2.42. The molecule has 0 aromatic carbocycles. The second kappa shape index (κ2) is 4.23. The summed E-state index contributed by atoms with van der Waals surface area (Å²) in [5, 5.41) is 8.61. The van der Waals surface area contributed by atoms with Crippen molar-refractivity contribution in [3.05, 3.63) is 22.4 Å². The van der Waals surface area contributed by atoms with Crippen molar-refractivity contribution in [2.45, 2.75) is 6.92 Å². The third-order valence-electron chi connectivity index (χ3n) is 1.33. The molecule has 0 radical (unpaired) electrons. The van der Waals surface area contributed by atoms with E-state index in [2.05, 4.69) is 20.9 Å². The largest absolute Gasteiger partial charge is 0.491 e. The molecular formula is C8H8BrNO3. The number of hydrogen-bond acceptors (Lipinski definition) is 3. The van der Waals surface area contributed by atoms with E-state index < -0.39 is 5.97 Å². The third-order valence-corrected chi connectivity index (χ3v) is 1.90. The highest BCUT2D eigenvalue weighted by Crippen LogP contribution is 2.22. The number of hydrogen-bond donors (Lipinski definition) is 1. The van der Waals surface area contributed by atoms with Crippen LogP contribution in [0.5, 0.6) is 5.75 Å². The molecule has 0 fully saturated rings. The molecule has 1 N–H and O–H groups in total. The van der Waals surface area contributed by atoms with Crippen molar-refractivity contribution in [2.75, 3.05) is 6.61 Å². The van der Waals surface area contributed by atoms with Crippen LogP contribution in [0, 0.1) is 0 Å². The predicted molar refractivity (Wildman–Crippen MR) is 50.1 cm³/mol. The van der Waals surface area contributed by atoms with Gasteiger partial charge in [0.2, 0.25) is 0 Å². The quantitative estimate of drug-likeness (QED) is 0.828. The van der Waals surface area contributed by atoms with Gasteiger partial charge in [-0.1, -0.05) is 0 Å². The highest BCUT2D eigenvalue weighted by atomic mass is 79.9. The van der Waals surface area contributed by atoms with Gasteiger partial charge in [0.25, 0.3) is 0 Å². The topological polar surface area (TPSA) is 59.4 Å². The van der Waals surface area contributed by atoms with Gasteiger partial charge in [0, 0.05) is 0 Å². The summed E-state index contributed by atoms with van der Waals surface area (Å²) in [6, 6.07) is 2.97. The molecule has 5 heteroatoms. The van der Waals surface area contributed by atoms with E-state index in [4.69, 9.17) is 9.84 Å². The SMILES string of the molecule is CCOc1ccc(C(=O)O)nc1Br. The van der Waals surface area contributed by atoms with Crippen LogP contribution in [0.2, 0.25) is 0 Å². The second-order valence-corrected chi connectivity index (χ2v) is 2.97. The molecule has 0 aliphatic heterocycles. The van der Waals surface area contributed by atoms with Crippen LogP contribution in [0.1, 0.15) is 17.4 Å². The fraction of sp³-hybridized carbons (Fsp3) is 0.250. The van der Waals surface area contributed by atoms with Gasteiger partial charge in [0.1, 0.15) is 10.3 Å². The van der Waals surface area contributed by atoms with Crippen molar-refractivity contribution in [1.82, 2.24) is 4.98 Å². The average Bonchev–Trinajstić information content (AvgIpc) is 2.08. The summed E-state index contributed by atoms with van der Waals surface area (Å²) in [4.78, 5) is 14.3. The molecule has 0 aliphatic rings. The normalized spacial score (nSPS) is 9.69. The molecule has 0 aliphatic carbocycles. The summed E-state index contributed by atoms with van der Waals surface area (Å²) < 4.78 is 5.58. The van der Waals surface area contributed by atoms with E-state index in [1.165, 1.54) is 6.07 Å². The van der Waals surface area contributed by atoms with Crippen LogP contribution in [0.4, 0.5) is 0 Å². The highest BCUT2D eigenvalue weighted by molar-refractivity contribution is 9.10. The molecule has 0 amide bonds. The molecule has 0 bridgehead atoms. The van der Waals surface area contributed by atoms with Gasteiger partial charge in [-0.3, -0.25) is 0 Å². The summed E-state index contributed by atoms with van der Waals surface area (Å²) in [6.45, 7) is 2.37. The van der Waals surface area contributed by atoms with Crippen molar-refractivity contribution < 1.29 is 14.6 Å². The number of rotatable bonds is 3. The lowest BCUT2D eigenvalue weighted by atomic mass is 10.3. The Bertz CT molecular complexity index is 327. The molecule has 1 rings (SSSR count). The minimum absolute atomic E-state index is 0.00433. The van der Waals surface area contributed by atoms with Crippen LogP contribution >= 0.6 is 15.9 Å². The Morgan fingerprint density at radius 3 is 2.85 bits per heavy atom. The van der Waals surface area contributed by atoms with Crippen molar-refractivity contribution in [1.29, 1.82) is 0 Å². The first-order valence-corrected chi connectivity index (χ1v) is 4.47. The Balaban J connectivity index is 2.98. The first kappa shape index (κ1) is 9.98. The maximum atomic E-state index is 10.5. The zero-order valence-corrected chi connectivity index (χ0v) is 8.54. The molecule has 0 saturated heterocycles. The molecule has 13 heavy (non-hydrogen) atoms. The number of aromatic carboxylic acids is 1. The molecule has 1 aromatic heterocycles. The predicted octanol–water partition coefficient (Wildman–Crippen LogP) is 1.94. The van der Waals surface area contributed by atoms with E-state index in [0.29, 0.717) is 17.0 Å². The fourth-order valence-corrected chi connectivity index (χ4v) is 1.24. The second-order valence-electron chi connectivity index (χ2n) is 2.22. The number of ether oxygens (including phenoxy) is 1. The maximum absolute atomic E-state index is 10.5. The lowest BCUT2D eigenvalue weighted by molar-refractivity contribution is 0.0690. The number of carboxylic acids is 1. The zero-order valence-electron chi connectivity index (χ0n) is 6.95. The van der Waals surface area contributed by atoms with Gasteiger partial charge in [-0.2, -0.15) is 0 Å². The van der Waals surface area contributed by atoms with Crippen molar-refractivity contribution in [2.24, 2.45) is 0 Å². The zero-order chi connectivity index (χ0) is 9.84. The Morgan fingerprint density at radius 1 is 1.69 bits per heavy atom. The van der Waals surface area contributed by atoms with Gasteiger partial charge in [0.05, 0.1) is 6.61 Å². The van der Waals surface area contributed by atoms with Gasteiger partial charge in [0.15, 0.2) is 5.75 Å². The van der Waals surface area contributed by atoms with Crippen molar-refractivity contribution in [3.63, 3.8) is 0 Å². The Hall–Kier alpha value is -1.10. The van der Waals surface area contributed by atoms with Gasteiger partial charge in [-0.15, -0.1) is 0 Å². The van der Waals surface area contributed by atoms with E-state index in [0.717, 1.165) is 0 Å². The first-order chi connectivity index (χ1) is 6.15. The van der Waals surface area contributed by atoms with Crippen molar-refractivity contribution >= 4 is 21.9 Å². The number of halogens is 1. The number of nitrogens with zero attached hydrogens (tertiary/aromatic N) is 1. The minimum atomic E-state index is -1.05. The Morgan fingerprint density at radius 2 is 2.38 bits per heavy atom. The summed E-state index contributed by atoms with van der Waals surface area (Å²) in [5.41, 5.74) is -0.00433. The van der Waals surface area contributed by atoms with Crippen LogP contribution < -0.4 is 4.74 Å². The monoisotopic (exact) mass is 245 g/mol. The van der Waals surface area contributed by atoms with Crippen LogP contribution in [0.3, 0.4) is 0 Å². The standard InChI is InChI=1S/C8H8BrNO3/c1-2-13-6-4-3-5(8(11)12)10-7(6)9/h3-4H,2H2,1H3,(H,11,12). The van der Waals surface area contributed by atoms with Gasteiger partial charge >= 0.3 is 5.97 Å². The Labute approximate surface area is 83.7 Å². The van der Waals surface area contributed by atoms with E-state index in [1.54, 1.807) is 6.07 Å². The summed E-state index contributed by atoms with van der Waals surface area (Å²) >= 11 is 3.12. The van der Waals surface area contributed by atoms with Gasteiger partial charge < -0.3 is 9.84 Å². The first-order valence-electron chi connectivity index (χ1n) is 3.67. The number of aromatic nitrogens is 1. The lowest BCUT2D eigenvalue weighted by Crippen LogP contribution is -2.02. The fourth-order valence-electron chi connectivity index (χ4n) is 0.804. The van der Waals surface area contributed by atoms with E-state index in [-0.39, 0.29) is 5.69 Å². The van der Waals surface area contributed by atoms with Gasteiger partial charge in [-0.05, 0) is 35.0 Å². The number of carboxylic acid groups (broad SMARTS) is 1. The number of pyridine rings is 1. The van der Waals surface area contributed by atoms with E-state index in [1.807, 2.05) is 6.92 Å². The smallest absolute Gasteiger partial charge is 0.354 e. The molecule has 1 aromatic rings. The number of carbonyl (C=O) groups is 1. The van der Waals surface area contributed by atoms with Crippen LogP contribution in [0.25, 0.3) is 0 Å². The summed E-state index contributed by atoms with van der Waals surface area (Å²) in [7, 11) is 0. The molecule has 0 unspecified atom stereocenters. The van der Waals surface area contributed by atoms with Gasteiger partial charge in [-0.25, -0.2) is 9.78 Å². The maximum Gasteiger partial charge on any atom is 0.354 e. The molecule has 70 valence electrons. The van der Waals surface area contributed by atoms with Crippen molar-refractivity contribution in [3.8, 4) is 5.75 Å². The minimum Gasteiger partial charge on any atom is -0.491 e. The molecule has 0 atom stereocenters. The van der Waals surface area contributed by atoms with Crippen LogP contribution in [-0.2, 0) is 0 Å². The molecular weight excluding hydrogens is 238 g/mol. The molecule has 4 nitrogen and oxygen atoms in total. The highest BCUT2D eigenvalue weighted by Gasteiger charge is 2.08. The van der Waals surface area contributed by atoms with Crippen LogP contribution in [-0.4, -0.2) is 22.7 Å². The summed E-state index contributed by atoms with van der Waals surface area (Å²) in [6.07, 6.45) is 0. The lowest BCUT2D eigenvalue weighted by Gasteiger charge is -2.04. The average molecular weight is 246 g/mol. The van der Waals surface area contributed by atoms with Crippen LogP contribution in [0.15, 0.2) is 16.7 Å². The molecule has 0 spiro atoms. The van der Waals surface area contributed by atoms with E-state index in [9.17, 15) is 4.79 Å².